The second-order valence-corrected chi connectivity index (χ2v) is 11.0. The number of H-pyrrole nitrogens is 3. The molecule has 43 heavy (non-hydrogen) atoms. The van der Waals surface area contributed by atoms with Gasteiger partial charge in [0.25, 0.3) is 0 Å². The average Bonchev–Trinajstić information content (AvgIpc) is 3.77. The normalized spacial score (nSPS) is 14.0. The van der Waals surface area contributed by atoms with Crippen LogP contribution in [0.5, 0.6) is 0 Å². The van der Waals surface area contributed by atoms with Gasteiger partial charge in [-0.2, -0.15) is 11.8 Å². The molecule has 14 nitrogen and oxygen atoms in total. The number of carbonyl (C=O) groups excluding carboxylic acids is 3. The number of carbonyl (C=O) groups is 4. The summed E-state index contributed by atoms with van der Waals surface area (Å²) >= 11 is 1.47. The molecule has 4 aromatic rings. The molecule has 9 N–H and O–H groups in total. The predicted molar refractivity (Wildman–Crippen MR) is 161 cm³/mol. The van der Waals surface area contributed by atoms with Gasteiger partial charge in [-0.3, -0.25) is 14.4 Å². The molecule has 4 atom stereocenters. The Bertz CT molecular complexity index is 1510. The van der Waals surface area contributed by atoms with Crippen molar-refractivity contribution in [2.45, 2.75) is 49.9 Å². The first-order valence-corrected chi connectivity index (χ1v) is 15.0. The van der Waals surface area contributed by atoms with Crippen LogP contribution < -0.4 is 21.7 Å². The van der Waals surface area contributed by atoms with Crippen LogP contribution in [0.3, 0.4) is 0 Å². The smallest absolute Gasteiger partial charge is 0.326 e. The topological polar surface area (TPSA) is 224 Å². The molecular formula is C28H35N9O5S. The minimum atomic E-state index is -1.25. The first-order valence-electron chi connectivity index (χ1n) is 13.6. The van der Waals surface area contributed by atoms with Gasteiger partial charge in [0.2, 0.25) is 17.7 Å². The summed E-state index contributed by atoms with van der Waals surface area (Å²) in [4.78, 5) is 68.8. The molecule has 3 amide bonds. The third-order valence-electron chi connectivity index (χ3n) is 6.90. The molecule has 0 aliphatic rings. The van der Waals surface area contributed by atoms with Crippen LogP contribution in [-0.2, 0) is 38.4 Å². The van der Waals surface area contributed by atoms with Crippen molar-refractivity contribution in [1.82, 2.24) is 40.9 Å². The van der Waals surface area contributed by atoms with Crippen molar-refractivity contribution in [2.75, 3.05) is 12.0 Å². The molecule has 0 aliphatic heterocycles. The van der Waals surface area contributed by atoms with Crippen LogP contribution in [0.25, 0.3) is 10.9 Å². The van der Waals surface area contributed by atoms with Crippen molar-refractivity contribution in [2.24, 2.45) is 5.73 Å². The van der Waals surface area contributed by atoms with E-state index in [9.17, 15) is 24.3 Å². The maximum atomic E-state index is 13.7. The average molecular weight is 610 g/mol. The first kappa shape index (κ1) is 31.3. The van der Waals surface area contributed by atoms with Crippen molar-refractivity contribution >= 4 is 46.4 Å². The van der Waals surface area contributed by atoms with E-state index in [0.29, 0.717) is 17.1 Å². The number of carboxylic acid groups (broad SMARTS) is 1. The molecule has 1 aromatic carbocycles. The van der Waals surface area contributed by atoms with E-state index in [2.05, 4.69) is 40.9 Å². The van der Waals surface area contributed by atoms with Gasteiger partial charge in [-0.05, 0) is 30.1 Å². The molecule has 0 radical (unpaired) electrons. The number of nitrogens with two attached hydrogens (primary N) is 1. The number of amides is 3. The number of aliphatic carboxylic acids is 1. The van der Waals surface area contributed by atoms with E-state index in [4.69, 9.17) is 5.73 Å². The summed E-state index contributed by atoms with van der Waals surface area (Å²) in [5, 5.41) is 18.6. The fourth-order valence-electron chi connectivity index (χ4n) is 4.60. The molecule has 15 heteroatoms. The summed E-state index contributed by atoms with van der Waals surface area (Å²) < 4.78 is 0. The number of hydrogen-bond acceptors (Lipinski definition) is 8. The number of aromatic nitrogens is 5. The number of imidazole rings is 2. The van der Waals surface area contributed by atoms with Gasteiger partial charge < -0.3 is 41.7 Å². The molecule has 0 saturated carbocycles. The zero-order valence-electron chi connectivity index (χ0n) is 23.5. The Hall–Kier alpha value is -4.63. The maximum Gasteiger partial charge on any atom is 0.326 e. The van der Waals surface area contributed by atoms with E-state index < -0.39 is 47.9 Å². The van der Waals surface area contributed by atoms with Crippen molar-refractivity contribution in [1.29, 1.82) is 0 Å². The maximum absolute atomic E-state index is 13.7. The predicted octanol–water partition coefficient (Wildman–Crippen LogP) is 0.261. The highest BCUT2D eigenvalue weighted by Gasteiger charge is 2.31. The molecule has 3 heterocycles. The van der Waals surface area contributed by atoms with E-state index in [1.54, 1.807) is 12.4 Å². The highest BCUT2D eigenvalue weighted by molar-refractivity contribution is 7.98. The Labute approximate surface area is 251 Å². The number of thioether (sulfide) groups is 1. The Kier molecular flexibility index (Phi) is 10.9. The van der Waals surface area contributed by atoms with Crippen molar-refractivity contribution in [3.63, 3.8) is 0 Å². The lowest BCUT2D eigenvalue weighted by Crippen LogP contribution is -2.58. The highest BCUT2D eigenvalue weighted by Crippen LogP contribution is 2.19. The summed E-state index contributed by atoms with van der Waals surface area (Å²) in [5.74, 6) is -2.51. The summed E-state index contributed by atoms with van der Waals surface area (Å²) in [6, 6.07) is 3.22. The number of para-hydroxylation sites is 1. The van der Waals surface area contributed by atoms with Crippen molar-refractivity contribution in [3.05, 3.63) is 72.5 Å². The van der Waals surface area contributed by atoms with Gasteiger partial charge in [0.05, 0.1) is 18.7 Å². The molecule has 0 fully saturated rings. The van der Waals surface area contributed by atoms with Crippen LogP contribution in [0.1, 0.15) is 23.4 Å². The summed E-state index contributed by atoms with van der Waals surface area (Å²) in [6.07, 6.45) is 10.1. The standard InChI is InChI=1S/C28H35N9O5S/c1-43-7-6-22(26(39)37-24(28(41)42)10-18-13-31-15-34-18)35-27(40)23(8-16-11-32-21-5-3-2-4-19(16)21)36-25(38)20(29)9-17-12-30-14-33-17/h2-5,11-15,20,22-24,32H,6-10,29H2,1H3,(H,30,33)(H,31,34)(H,35,40)(H,36,38)(H,37,39)(H,41,42). The Morgan fingerprint density at radius 2 is 1.49 bits per heavy atom. The van der Waals surface area contributed by atoms with Gasteiger partial charge in [0.1, 0.15) is 18.1 Å². The number of aromatic amines is 3. The third kappa shape index (κ3) is 8.68. The lowest BCUT2D eigenvalue weighted by Gasteiger charge is -2.25. The summed E-state index contributed by atoms with van der Waals surface area (Å²) in [7, 11) is 0. The summed E-state index contributed by atoms with van der Waals surface area (Å²) in [6.45, 7) is 0. The Balaban J connectivity index is 1.52. The minimum absolute atomic E-state index is 0.0161. The van der Waals surface area contributed by atoms with Crippen LogP contribution in [0, 0.1) is 0 Å². The highest BCUT2D eigenvalue weighted by atomic mass is 32.2. The van der Waals surface area contributed by atoms with Gasteiger partial charge >= 0.3 is 5.97 Å². The molecule has 4 unspecified atom stereocenters. The first-order chi connectivity index (χ1) is 20.7. The number of fused-ring (bicyclic) bond motifs is 1. The second kappa shape index (κ2) is 15.0. The molecule has 3 aromatic heterocycles. The SMILES string of the molecule is CSCCC(NC(=O)C(Cc1c[nH]c2ccccc12)NC(=O)C(N)Cc1cnc[nH]1)C(=O)NC(Cc1cnc[nH]1)C(=O)O. The molecule has 0 saturated heterocycles. The molecular weight excluding hydrogens is 574 g/mol. The Morgan fingerprint density at radius 3 is 2.14 bits per heavy atom. The van der Waals surface area contributed by atoms with E-state index in [1.165, 1.54) is 30.6 Å². The number of nitrogens with one attached hydrogen (secondary N) is 6. The molecule has 0 aliphatic carbocycles. The number of benzene rings is 1. The van der Waals surface area contributed by atoms with E-state index in [1.807, 2.05) is 30.5 Å². The van der Waals surface area contributed by atoms with Crippen molar-refractivity contribution < 1.29 is 24.3 Å². The largest absolute Gasteiger partial charge is 0.480 e. The molecule has 4 rings (SSSR count). The van der Waals surface area contributed by atoms with E-state index in [0.717, 1.165) is 16.5 Å². The fourth-order valence-corrected chi connectivity index (χ4v) is 5.07. The van der Waals surface area contributed by atoms with Gasteiger partial charge in [0.15, 0.2) is 0 Å². The van der Waals surface area contributed by atoms with Crippen molar-refractivity contribution in [3.8, 4) is 0 Å². The van der Waals surface area contributed by atoms with Gasteiger partial charge in [-0.15, -0.1) is 0 Å². The van der Waals surface area contributed by atoms with Crippen LogP contribution >= 0.6 is 11.8 Å². The lowest BCUT2D eigenvalue weighted by molar-refractivity contribution is -0.142. The van der Waals surface area contributed by atoms with Gasteiger partial charge in [-0.25, -0.2) is 14.8 Å². The molecule has 228 valence electrons. The quantitative estimate of drug-likeness (QED) is 0.0871. The van der Waals surface area contributed by atoms with E-state index >= 15 is 0 Å². The molecule has 0 spiro atoms. The van der Waals surface area contributed by atoms with Gasteiger partial charge in [-0.1, -0.05) is 18.2 Å². The van der Waals surface area contributed by atoms with E-state index in [-0.39, 0.29) is 25.7 Å². The van der Waals surface area contributed by atoms with Gasteiger partial charge in [0, 0.05) is 60.1 Å². The second-order valence-electron chi connectivity index (χ2n) is 10.0. The third-order valence-corrected chi connectivity index (χ3v) is 7.54. The van der Waals surface area contributed by atoms with Crippen LogP contribution in [0.15, 0.2) is 55.5 Å². The minimum Gasteiger partial charge on any atom is -0.480 e. The number of rotatable bonds is 16. The zero-order chi connectivity index (χ0) is 30.8. The fraction of sp³-hybridized carbons (Fsp3) is 0.357. The number of nitrogens with zero attached hydrogens (tertiary/aromatic N) is 2. The van der Waals surface area contributed by atoms with Crippen LogP contribution in [-0.4, -0.2) is 89.9 Å². The lowest BCUT2D eigenvalue weighted by atomic mass is 10.0. The number of hydrogen-bond donors (Lipinski definition) is 8. The monoisotopic (exact) mass is 609 g/mol. The zero-order valence-corrected chi connectivity index (χ0v) is 24.3. The Morgan fingerprint density at radius 1 is 0.860 bits per heavy atom. The number of carboxylic acids is 1. The summed E-state index contributed by atoms with van der Waals surface area (Å²) in [5.41, 5.74) is 9.00. The van der Waals surface area contributed by atoms with Crippen LogP contribution in [0.4, 0.5) is 0 Å². The van der Waals surface area contributed by atoms with Crippen LogP contribution in [0.2, 0.25) is 0 Å². The molecule has 0 bridgehead atoms.